The molecule has 94 valence electrons. The van der Waals surface area contributed by atoms with Gasteiger partial charge in [0.25, 0.3) is 0 Å². The maximum Gasteiger partial charge on any atom is 0.338 e. The van der Waals surface area contributed by atoms with Gasteiger partial charge in [0.2, 0.25) is 0 Å². The quantitative estimate of drug-likeness (QED) is 0.783. The average Bonchev–Trinajstić information content (AvgIpc) is 2.69. The second-order valence-electron chi connectivity index (χ2n) is 3.80. The normalized spacial score (nSPS) is 10.4. The highest BCUT2D eigenvalue weighted by molar-refractivity contribution is 5.89. The lowest BCUT2D eigenvalue weighted by Crippen LogP contribution is -2.04. The molecule has 0 saturated heterocycles. The van der Waals surface area contributed by atoms with Gasteiger partial charge < -0.3 is 4.74 Å². The van der Waals surface area contributed by atoms with Gasteiger partial charge in [-0.25, -0.2) is 9.18 Å². The highest BCUT2D eigenvalue weighted by Crippen LogP contribution is 2.21. The van der Waals surface area contributed by atoms with Gasteiger partial charge >= 0.3 is 5.97 Å². The summed E-state index contributed by atoms with van der Waals surface area (Å²) in [6.45, 7) is 2.07. The van der Waals surface area contributed by atoms with Crippen molar-refractivity contribution in [3.05, 3.63) is 41.8 Å². The Balaban J connectivity index is 2.27. The second kappa shape index (κ2) is 5.00. The Morgan fingerprint density at radius 2 is 2.06 bits per heavy atom. The lowest BCUT2D eigenvalue weighted by Gasteiger charge is -2.02. The van der Waals surface area contributed by atoms with E-state index in [1.165, 1.54) is 10.9 Å². The van der Waals surface area contributed by atoms with Crippen LogP contribution >= 0.6 is 0 Å². The van der Waals surface area contributed by atoms with Gasteiger partial charge in [0.05, 0.1) is 18.4 Å². The molecule has 0 spiro atoms. The van der Waals surface area contributed by atoms with Crippen LogP contribution < -0.4 is 0 Å². The summed E-state index contributed by atoms with van der Waals surface area (Å²) >= 11 is 0. The average molecular weight is 248 g/mol. The van der Waals surface area contributed by atoms with E-state index in [4.69, 9.17) is 4.74 Å². The van der Waals surface area contributed by atoms with Gasteiger partial charge in [0, 0.05) is 12.6 Å². The Hall–Kier alpha value is -2.17. The van der Waals surface area contributed by atoms with Gasteiger partial charge in [-0.3, -0.25) is 4.68 Å². The number of hydrogen-bond donors (Lipinski definition) is 0. The molecule has 18 heavy (non-hydrogen) atoms. The number of rotatable bonds is 3. The summed E-state index contributed by atoms with van der Waals surface area (Å²) in [5, 5.41) is 4.02. The zero-order chi connectivity index (χ0) is 13.1. The summed E-state index contributed by atoms with van der Waals surface area (Å²) in [6, 6.07) is 6.50. The number of benzene rings is 1. The number of aryl methyl sites for hydroxylation is 1. The van der Waals surface area contributed by atoms with E-state index < -0.39 is 0 Å². The number of ether oxygens (including phenoxy) is 1. The highest BCUT2D eigenvalue weighted by atomic mass is 19.1. The summed E-state index contributed by atoms with van der Waals surface area (Å²) in [4.78, 5) is 11.4. The van der Waals surface area contributed by atoms with Crippen LogP contribution in [0, 0.1) is 5.82 Å². The van der Waals surface area contributed by atoms with E-state index in [-0.39, 0.29) is 17.5 Å². The van der Waals surface area contributed by atoms with Crippen LogP contribution in [0.25, 0.3) is 11.3 Å². The fourth-order valence-electron chi connectivity index (χ4n) is 1.63. The van der Waals surface area contributed by atoms with Gasteiger partial charge in [-0.15, -0.1) is 0 Å². The largest absolute Gasteiger partial charge is 0.462 e. The number of carbonyl (C=O) groups excluding carboxylic acids is 1. The van der Waals surface area contributed by atoms with E-state index in [0.717, 1.165) is 0 Å². The summed E-state index contributed by atoms with van der Waals surface area (Å²) in [6.07, 6.45) is 1.30. The van der Waals surface area contributed by atoms with Gasteiger partial charge in [0.15, 0.2) is 5.82 Å². The van der Waals surface area contributed by atoms with Crippen LogP contribution in [0.15, 0.2) is 30.5 Å². The van der Waals surface area contributed by atoms with Crippen molar-refractivity contribution in [2.45, 2.75) is 6.92 Å². The molecule has 0 N–H and O–H groups in total. The predicted molar refractivity (Wildman–Crippen MR) is 64.6 cm³/mol. The Morgan fingerprint density at radius 3 is 2.56 bits per heavy atom. The fraction of sp³-hybridized carbons (Fsp3) is 0.231. The smallest absolute Gasteiger partial charge is 0.338 e. The molecule has 2 rings (SSSR count). The third-order valence-electron chi connectivity index (χ3n) is 2.45. The lowest BCUT2D eigenvalue weighted by atomic mass is 10.1. The van der Waals surface area contributed by atoms with Gasteiger partial charge in [-0.2, -0.15) is 5.10 Å². The Bertz CT molecular complexity index is 561. The van der Waals surface area contributed by atoms with Crippen LogP contribution in [-0.2, 0) is 11.8 Å². The standard InChI is InChI=1S/C13H13FN2O2/c1-3-18-13(17)10-6-4-9(5-7-10)12-11(14)8-16(2)15-12/h4-8H,3H2,1-2H3. The van der Waals surface area contributed by atoms with Crippen molar-refractivity contribution < 1.29 is 13.9 Å². The predicted octanol–water partition coefficient (Wildman–Crippen LogP) is 2.40. The maximum absolute atomic E-state index is 13.5. The molecule has 0 aliphatic rings. The number of halogens is 1. The van der Waals surface area contributed by atoms with E-state index >= 15 is 0 Å². The van der Waals surface area contributed by atoms with Crippen molar-refractivity contribution >= 4 is 5.97 Å². The van der Waals surface area contributed by atoms with Gasteiger partial charge in [-0.1, -0.05) is 12.1 Å². The molecule has 0 radical (unpaired) electrons. The Kier molecular flexibility index (Phi) is 3.41. The molecular formula is C13H13FN2O2. The molecule has 0 unspecified atom stereocenters. The summed E-state index contributed by atoms with van der Waals surface area (Å²) in [5.41, 5.74) is 1.34. The van der Waals surface area contributed by atoms with Gasteiger partial charge in [0.1, 0.15) is 5.69 Å². The zero-order valence-corrected chi connectivity index (χ0v) is 10.2. The molecule has 0 aliphatic heterocycles. The van der Waals surface area contributed by atoms with E-state index in [0.29, 0.717) is 17.7 Å². The van der Waals surface area contributed by atoms with E-state index in [1.807, 2.05) is 0 Å². The fourth-order valence-corrected chi connectivity index (χ4v) is 1.63. The third-order valence-corrected chi connectivity index (χ3v) is 2.45. The first-order valence-electron chi connectivity index (χ1n) is 5.58. The van der Waals surface area contributed by atoms with Crippen molar-refractivity contribution in [1.82, 2.24) is 9.78 Å². The molecular weight excluding hydrogens is 235 g/mol. The molecule has 1 heterocycles. The molecule has 0 bridgehead atoms. The van der Waals surface area contributed by atoms with Crippen LogP contribution in [-0.4, -0.2) is 22.4 Å². The molecule has 0 atom stereocenters. The van der Waals surface area contributed by atoms with Crippen LogP contribution in [0.4, 0.5) is 4.39 Å². The van der Waals surface area contributed by atoms with E-state index in [1.54, 1.807) is 38.2 Å². The van der Waals surface area contributed by atoms with Crippen molar-refractivity contribution in [2.75, 3.05) is 6.61 Å². The van der Waals surface area contributed by atoms with Crippen LogP contribution in [0.5, 0.6) is 0 Å². The highest BCUT2D eigenvalue weighted by Gasteiger charge is 2.11. The van der Waals surface area contributed by atoms with Crippen molar-refractivity contribution in [2.24, 2.45) is 7.05 Å². The second-order valence-corrected chi connectivity index (χ2v) is 3.80. The molecule has 0 fully saturated rings. The summed E-state index contributed by atoms with van der Waals surface area (Å²) in [7, 11) is 1.65. The van der Waals surface area contributed by atoms with E-state index in [2.05, 4.69) is 5.10 Å². The minimum Gasteiger partial charge on any atom is -0.462 e. The van der Waals surface area contributed by atoms with Crippen molar-refractivity contribution in [3.8, 4) is 11.3 Å². The molecule has 5 heteroatoms. The number of carbonyl (C=O) groups is 1. The molecule has 2 aromatic rings. The summed E-state index contributed by atoms with van der Waals surface area (Å²) in [5.74, 6) is -0.771. The molecule has 0 amide bonds. The van der Waals surface area contributed by atoms with Crippen LogP contribution in [0.3, 0.4) is 0 Å². The molecule has 0 aliphatic carbocycles. The Morgan fingerprint density at radius 1 is 1.39 bits per heavy atom. The molecule has 1 aromatic heterocycles. The van der Waals surface area contributed by atoms with Crippen LogP contribution in [0.2, 0.25) is 0 Å². The topological polar surface area (TPSA) is 44.1 Å². The molecule has 0 saturated carbocycles. The first-order valence-corrected chi connectivity index (χ1v) is 5.58. The maximum atomic E-state index is 13.5. The molecule has 4 nitrogen and oxygen atoms in total. The van der Waals surface area contributed by atoms with Gasteiger partial charge in [-0.05, 0) is 19.1 Å². The minimum absolute atomic E-state index is 0.271. The number of nitrogens with zero attached hydrogens (tertiary/aromatic N) is 2. The number of esters is 1. The lowest BCUT2D eigenvalue weighted by molar-refractivity contribution is 0.0526. The molecule has 1 aromatic carbocycles. The van der Waals surface area contributed by atoms with Crippen LogP contribution in [0.1, 0.15) is 17.3 Å². The van der Waals surface area contributed by atoms with Crippen molar-refractivity contribution in [3.63, 3.8) is 0 Å². The van der Waals surface area contributed by atoms with E-state index in [9.17, 15) is 9.18 Å². The number of hydrogen-bond acceptors (Lipinski definition) is 3. The number of aromatic nitrogens is 2. The third kappa shape index (κ3) is 2.40. The summed E-state index contributed by atoms with van der Waals surface area (Å²) < 4.78 is 19.8. The zero-order valence-electron chi connectivity index (χ0n) is 10.2. The first-order chi connectivity index (χ1) is 8.61. The van der Waals surface area contributed by atoms with Crippen molar-refractivity contribution in [1.29, 1.82) is 0 Å². The minimum atomic E-state index is -0.388. The first kappa shape index (κ1) is 12.3. The SMILES string of the molecule is CCOC(=O)c1ccc(-c2nn(C)cc2F)cc1. The Labute approximate surface area is 104 Å². The monoisotopic (exact) mass is 248 g/mol.